The van der Waals surface area contributed by atoms with Gasteiger partial charge in [-0.1, -0.05) is 50.1 Å². The summed E-state index contributed by atoms with van der Waals surface area (Å²) in [5, 5.41) is 3.05. The van der Waals surface area contributed by atoms with E-state index in [2.05, 4.69) is 34.3 Å². The molecule has 0 aromatic heterocycles. The van der Waals surface area contributed by atoms with Gasteiger partial charge in [0, 0.05) is 0 Å². The van der Waals surface area contributed by atoms with Crippen molar-refractivity contribution in [1.29, 1.82) is 0 Å². The maximum Gasteiger partial charge on any atom is 0.213 e. The highest BCUT2D eigenvalue weighted by molar-refractivity contribution is 7.03. The number of hydrogen-bond donors (Lipinski definition) is 0. The van der Waals surface area contributed by atoms with Gasteiger partial charge in [0.15, 0.2) is 0 Å². The Morgan fingerprint density at radius 3 is 1.50 bits per heavy atom. The van der Waals surface area contributed by atoms with Crippen LogP contribution in [0.3, 0.4) is 0 Å². The SMILES string of the molecule is [BH2][Al]([CH2]C(C)C)[CH2]C(C)C. The molecule has 0 spiro atoms. The molecule has 0 aliphatic rings. The Balaban J connectivity index is 3.34. The Labute approximate surface area is 71.0 Å². The second kappa shape index (κ2) is 5.27. The topological polar surface area (TPSA) is 0 Å². The molecule has 2 heteroatoms. The smallest absolute Gasteiger partial charge is 0.0990 e. The lowest BCUT2D eigenvalue weighted by Crippen LogP contribution is -2.17. The fourth-order valence-corrected chi connectivity index (χ4v) is 5.12. The van der Waals surface area contributed by atoms with Crippen molar-refractivity contribution in [2.24, 2.45) is 11.8 Å². The molecule has 0 saturated carbocycles. The van der Waals surface area contributed by atoms with E-state index in [-0.39, 0.29) is 14.0 Å². The summed E-state index contributed by atoms with van der Waals surface area (Å²) in [6.45, 7) is 11.8. The monoisotopic (exact) mass is 154 g/mol. The van der Waals surface area contributed by atoms with Crippen LogP contribution in [0.25, 0.3) is 0 Å². The molecule has 0 saturated heterocycles. The molecule has 0 atom stereocenters. The quantitative estimate of drug-likeness (QED) is 0.542. The molecule has 0 aromatic carbocycles. The molecule has 0 heterocycles. The lowest BCUT2D eigenvalue weighted by atomic mass is 10.3. The molecule has 10 heavy (non-hydrogen) atoms. The fourth-order valence-electron chi connectivity index (χ4n) is 1.71. The van der Waals surface area contributed by atoms with Crippen LogP contribution >= 0.6 is 0 Å². The van der Waals surface area contributed by atoms with Crippen LogP contribution in [0.1, 0.15) is 27.7 Å². The van der Waals surface area contributed by atoms with Crippen molar-refractivity contribution in [3.63, 3.8) is 0 Å². The molecule has 0 aliphatic carbocycles. The van der Waals surface area contributed by atoms with Gasteiger partial charge in [-0.2, -0.15) is 0 Å². The highest BCUT2D eigenvalue weighted by atomic mass is 27.2. The van der Waals surface area contributed by atoms with Crippen molar-refractivity contribution in [3.8, 4) is 0 Å². The number of hydrogen-bond acceptors (Lipinski definition) is 0. The zero-order chi connectivity index (χ0) is 8.15. The van der Waals surface area contributed by atoms with Crippen LogP contribution in [0.2, 0.25) is 10.6 Å². The largest absolute Gasteiger partial charge is 0.213 e. The zero-order valence-corrected chi connectivity index (χ0v) is 9.30. The van der Waals surface area contributed by atoms with Gasteiger partial charge in [0.1, 0.15) is 0 Å². The van der Waals surface area contributed by atoms with Gasteiger partial charge in [-0.15, -0.1) is 0 Å². The summed E-state index contributed by atoms with van der Waals surface area (Å²) in [7, 11) is 0. The molecule has 0 N–H and O–H groups in total. The first-order valence-electron chi connectivity index (χ1n) is 4.52. The highest BCUT2D eigenvalue weighted by Gasteiger charge is 2.12. The molecule has 0 aromatic rings. The molecule has 0 rings (SSSR count). The molecule has 0 fully saturated rings. The van der Waals surface area contributed by atoms with E-state index in [1.54, 1.807) is 0 Å². The third-order valence-electron chi connectivity index (χ3n) is 1.75. The van der Waals surface area contributed by atoms with Crippen molar-refractivity contribution in [1.82, 2.24) is 0 Å². The molecular weight excluding hydrogens is 134 g/mol. The van der Waals surface area contributed by atoms with E-state index in [4.69, 9.17) is 0 Å². The van der Waals surface area contributed by atoms with Crippen LogP contribution in [0, 0.1) is 11.8 Å². The summed E-state index contributed by atoms with van der Waals surface area (Å²) in [4.78, 5) is 0. The Hall–Kier alpha value is 0.597. The molecule has 0 unspecified atom stereocenters. The summed E-state index contributed by atoms with van der Waals surface area (Å²) in [5.74, 6) is 1.86. The van der Waals surface area contributed by atoms with Gasteiger partial charge < -0.3 is 0 Å². The maximum absolute atomic E-state index is 2.50. The van der Waals surface area contributed by atoms with E-state index in [1.165, 1.54) is 10.6 Å². The zero-order valence-electron chi connectivity index (χ0n) is 8.15. The van der Waals surface area contributed by atoms with E-state index >= 15 is 0 Å². The molecule has 0 amide bonds. The van der Waals surface area contributed by atoms with Crippen LogP contribution < -0.4 is 0 Å². The third-order valence-corrected chi connectivity index (χ3v) is 5.24. The van der Waals surface area contributed by atoms with Crippen LogP contribution in [0.5, 0.6) is 0 Å². The molecular formula is C8H20AlB. The van der Waals surface area contributed by atoms with E-state index in [9.17, 15) is 0 Å². The lowest BCUT2D eigenvalue weighted by Gasteiger charge is -2.11. The normalized spacial score (nSPS) is 11.0. The summed E-state index contributed by atoms with van der Waals surface area (Å²) in [6.07, 6.45) is 0. The van der Waals surface area contributed by atoms with Gasteiger partial charge in [0.25, 0.3) is 0 Å². The van der Waals surface area contributed by atoms with Crippen molar-refractivity contribution < 1.29 is 0 Å². The molecule has 0 nitrogen and oxygen atoms in total. The van der Waals surface area contributed by atoms with Crippen LogP contribution in [-0.2, 0) is 0 Å². The minimum absolute atomic E-state index is 0.318. The Bertz CT molecular complexity index is 71.3. The lowest BCUT2D eigenvalue weighted by molar-refractivity contribution is 0.697. The van der Waals surface area contributed by atoms with Gasteiger partial charge in [0.05, 0.1) is 6.62 Å². The minimum Gasteiger partial charge on any atom is -0.0990 e. The van der Waals surface area contributed by atoms with E-state index in [0.29, 0.717) is 0 Å². The van der Waals surface area contributed by atoms with Gasteiger partial charge in [0.2, 0.25) is 14.0 Å². The van der Waals surface area contributed by atoms with E-state index in [1.807, 2.05) is 0 Å². The molecule has 0 bridgehead atoms. The molecule has 0 aliphatic heterocycles. The van der Waals surface area contributed by atoms with Crippen LogP contribution in [0.4, 0.5) is 0 Å². The van der Waals surface area contributed by atoms with Crippen LogP contribution in [0.15, 0.2) is 0 Å². The Morgan fingerprint density at radius 1 is 1.00 bits per heavy atom. The van der Waals surface area contributed by atoms with Crippen molar-refractivity contribution in [2.75, 3.05) is 0 Å². The first-order chi connectivity index (χ1) is 4.52. The Kier molecular flexibility index (Phi) is 5.59. The summed E-state index contributed by atoms with van der Waals surface area (Å²) in [6, 6.07) is 0. The van der Waals surface area contributed by atoms with Gasteiger partial charge in [-0.3, -0.25) is 0 Å². The molecule has 0 radical (unpaired) electrons. The first kappa shape index (κ1) is 10.6. The average molecular weight is 154 g/mol. The van der Waals surface area contributed by atoms with Crippen molar-refractivity contribution in [2.45, 2.75) is 38.3 Å². The first-order valence-corrected chi connectivity index (χ1v) is 7.31. The van der Waals surface area contributed by atoms with E-state index in [0.717, 1.165) is 11.8 Å². The fraction of sp³-hybridized carbons (Fsp3) is 1.00. The van der Waals surface area contributed by atoms with Gasteiger partial charge in [-0.25, -0.2) is 0 Å². The molecule has 58 valence electrons. The standard InChI is InChI=1S/2C4H9.Al.BH2/c2*1-4(2)3;;/h2*4H,1H2,2-3H3;;1H2/q;;-1;+1. The van der Waals surface area contributed by atoms with Crippen molar-refractivity contribution in [3.05, 3.63) is 0 Å². The average Bonchev–Trinajstić information content (AvgIpc) is 1.58. The highest BCUT2D eigenvalue weighted by Crippen LogP contribution is 2.11. The predicted octanol–water partition coefficient (Wildman–Crippen LogP) is 1.92. The predicted molar refractivity (Wildman–Crippen MR) is 53.6 cm³/mol. The summed E-state index contributed by atoms with van der Waals surface area (Å²) in [5.41, 5.74) is 0. The Morgan fingerprint density at radius 2 is 1.30 bits per heavy atom. The second-order valence-corrected chi connectivity index (χ2v) is 7.52. The number of rotatable bonds is 4. The van der Waals surface area contributed by atoms with Gasteiger partial charge >= 0.3 is 0 Å². The maximum atomic E-state index is 2.50. The minimum atomic E-state index is -0.318. The summed E-state index contributed by atoms with van der Waals surface area (Å²) >= 11 is -0.318. The van der Waals surface area contributed by atoms with Crippen molar-refractivity contribution >= 4 is 20.6 Å². The third kappa shape index (κ3) is 6.71. The van der Waals surface area contributed by atoms with Crippen LogP contribution in [-0.4, -0.2) is 20.6 Å². The van der Waals surface area contributed by atoms with Gasteiger partial charge in [-0.05, 0) is 0 Å². The summed E-state index contributed by atoms with van der Waals surface area (Å²) < 4.78 is 0. The second-order valence-electron chi connectivity index (χ2n) is 4.36. The van der Waals surface area contributed by atoms with E-state index < -0.39 is 0 Å².